The minimum Gasteiger partial charge on any atom is -0.481 e. The lowest BCUT2D eigenvalue weighted by atomic mass is 10.1. The maximum absolute atomic E-state index is 12.6. The van der Waals surface area contributed by atoms with E-state index in [9.17, 15) is 9.59 Å². The molecule has 1 N–H and O–H groups in total. The predicted molar refractivity (Wildman–Crippen MR) is 96.4 cm³/mol. The summed E-state index contributed by atoms with van der Waals surface area (Å²) in [6, 6.07) is 11.6. The Bertz CT molecular complexity index is 672. The minimum absolute atomic E-state index is 0.0359. The first-order valence-electron chi connectivity index (χ1n) is 7.81. The number of rotatable bonds is 9. The highest BCUT2D eigenvalue weighted by molar-refractivity contribution is 7.10. The summed E-state index contributed by atoms with van der Waals surface area (Å²) in [7, 11) is 0. The Morgan fingerprint density at radius 1 is 1.17 bits per heavy atom. The van der Waals surface area contributed by atoms with Crippen molar-refractivity contribution in [1.29, 1.82) is 0 Å². The highest BCUT2D eigenvalue weighted by atomic mass is 35.5. The van der Waals surface area contributed by atoms with Crippen molar-refractivity contribution in [3.8, 4) is 0 Å². The van der Waals surface area contributed by atoms with Gasteiger partial charge in [-0.25, -0.2) is 0 Å². The number of benzene rings is 1. The Hall–Kier alpha value is -1.85. The molecule has 0 unspecified atom stereocenters. The number of aryl methyl sites for hydroxylation is 1. The first-order valence-corrected chi connectivity index (χ1v) is 9.07. The largest absolute Gasteiger partial charge is 0.481 e. The molecule has 2 rings (SSSR count). The Morgan fingerprint density at radius 2 is 1.92 bits per heavy atom. The summed E-state index contributed by atoms with van der Waals surface area (Å²) >= 11 is 7.45. The molecular weight excluding hydrogens is 346 g/mol. The summed E-state index contributed by atoms with van der Waals surface area (Å²) in [6.07, 6.45) is 1.58. The van der Waals surface area contributed by atoms with Crippen molar-refractivity contribution < 1.29 is 14.7 Å². The van der Waals surface area contributed by atoms with Gasteiger partial charge in [-0.1, -0.05) is 41.9 Å². The zero-order valence-electron chi connectivity index (χ0n) is 13.3. The second-order valence-corrected chi connectivity index (χ2v) is 6.96. The SMILES string of the molecule is O=C(O)CCCN(Cc1ccccc1)C(=O)CCc1cc(Cl)cs1. The number of carboxylic acids is 1. The zero-order chi connectivity index (χ0) is 17.4. The van der Waals surface area contributed by atoms with E-state index in [0.717, 1.165) is 10.4 Å². The quantitative estimate of drug-likeness (QED) is 0.723. The highest BCUT2D eigenvalue weighted by Gasteiger charge is 2.15. The van der Waals surface area contributed by atoms with Crippen LogP contribution in [0.15, 0.2) is 41.8 Å². The third-order valence-electron chi connectivity index (χ3n) is 3.59. The number of aliphatic carboxylic acids is 1. The molecule has 0 radical (unpaired) electrons. The van der Waals surface area contributed by atoms with Crippen LogP contribution in [-0.2, 0) is 22.6 Å². The van der Waals surface area contributed by atoms with E-state index >= 15 is 0 Å². The molecule has 24 heavy (non-hydrogen) atoms. The topological polar surface area (TPSA) is 57.6 Å². The Balaban J connectivity index is 1.94. The van der Waals surface area contributed by atoms with E-state index in [2.05, 4.69) is 0 Å². The zero-order valence-corrected chi connectivity index (χ0v) is 14.9. The van der Waals surface area contributed by atoms with Crippen LogP contribution in [0, 0.1) is 0 Å². The molecule has 0 aliphatic carbocycles. The summed E-state index contributed by atoms with van der Waals surface area (Å²) < 4.78 is 0. The number of halogens is 1. The Morgan fingerprint density at radius 3 is 2.54 bits per heavy atom. The van der Waals surface area contributed by atoms with Gasteiger partial charge in [-0.2, -0.15) is 0 Å². The molecule has 0 saturated carbocycles. The van der Waals surface area contributed by atoms with Gasteiger partial charge in [0.25, 0.3) is 0 Å². The van der Waals surface area contributed by atoms with Gasteiger partial charge in [-0.3, -0.25) is 9.59 Å². The summed E-state index contributed by atoms with van der Waals surface area (Å²) in [5.41, 5.74) is 1.04. The van der Waals surface area contributed by atoms with E-state index < -0.39 is 5.97 Å². The molecule has 4 nitrogen and oxygen atoms in total. The predicted octanol–water partition coefficient (Wildman–Crippen LogP) is 4.23. The molecule has 128 valence electrons. The molecule has 2 aromatic rings. The van der Waals surface area contributed by atoms with Crippen LogP contribution >= 0.6 is 22.9 Å². The molecule has 0 aliphatic heterocycles. The van der Waals surface area contributed by atoms with Crippen molar-refractivity contribution in [1.82, 2.24) is 4.90 Å². The van der Waals surface area contributed by atoms with Crippen LogP contribution in [0.1, 0.15) is 29.7 Å². The van der Waals surface area contributed by atoms with Crippen LogP contribution in [0.3, 0.4) is 0 Å². The highest BCUT2D eigenvalue weighted by Crippen LogP contribution is 2.21. The third kappa shape index (κ3) is 6.34. The fourth-order valence-corrected chi connectivity index (χ4v) is 3.47. The summed E-state index contributed by atoms with van der Waals surface area (Å²) in [6.45, 7) is 0.954. The van der Waals surface area contributed by atoms with Crippen LogP contribution in [0.25, 0.3) is 0 Å². The van der Waals surface area contributed by atoms with Crippen LogP contribution in [-0.4, -0.2) is 28.4 Å². The van der Waals surface area contributed by atoms with Gasteiger partial charge < -0.3 is 10.0 Å². The maximum atomic E-state index is 12.6. The molecule has 6 heteroatoms. The first kappa shape index (κ1) is 18.5. The van der Waals surface area contributed by atoms with Crippen molar-refractivity contribution in [3.05, 3.63) is 57.2 Å². The molecule has 0 bridgehead atoms. The van der Waals surface area contributed by atoms with Crippen LogP contribution < -0.4 is 0 Å². The van der Waals surface area contributed by atoms with E-state index in [0.29, 0.717) is 37.4 Å². The molecule has 1 aromatic heterocycles. The van der Waals surface area contributed by atoms with E-state index in [1.165, 1.54) is 0 Å². The van der Waals surface area contributed by atoms with Crippen LogP contribution in [0.2, 0.25) is 5.02 Å². The third-order valence-corrected chi connectivity index (χ3v) is 4.94. The van der Waals surface area contributed by atoms with Crippen molar-refractivity contribution >= 4 is 34.8 Å². The second kappa shape index (κ2) is 9.45. The number of carbonyl (C=O) groups is 2. The lowest BCUT2D eigenvalue weighted by Gasteiger charge is -2.22. The van der Waals surface area contributed by atoms with Gasteiger partial charge in [0.05, 0.1) is 5.02 Å². The lowest BCUT2D eigenvalue weighted by Crippen LogP contribution is -2.32. The van der Waals surface area contributed by atoms with Crippen LogP contribution in [0.4, 0.5) is 0 Å². The maximum Gasteiger partial charge on any atom is 0.303 e. The smallest absolute Gasteiger partial charge is 0.303 e. The molecule has 0 atom stereocenters. The molecule has 0 spiro atoms. The number of hydrogen-bond donors (Lipinski definition) is 1. The van der Waals surface area contributed by atoms with Crippen molar-refractivity contribution in [2.45, 2.75) is 32.2 Å². The molecule has 0 saturated heterocycles. The van der Waals surface area contributed by atoms with Gasteiger partial charge in [0.1, 0.15) is 0 Å². The molecule has 0 aliphatic rings. The molecule has 1 amide bonds. The molecule has 1 aromatic carbocycles. The fourth-order valence-electron chi connectivity index (χ4n) is 2.39. The average molecular weight is 366 g/mol. The lowest BCUT2D eigenvalue weighted by molar-refractivity contribution is -0.138. The Labute approximate surface area is 150 Å². The van der Waals surface area contributed by atoms with Gasteiger partial charge in [-0.05, 0) is 24.5 Å². The number of carboxylic acid groups (broad SMARTS) is 1. The number of carbonyl (C=O) groups excluding carboxylic acids is 1. The molecule has 1 heterocycles. The van der Waals surface area contributed by atoms with Gasteiger partial charge >= 0.3 is 5.97 Å². The fraction of sp³-hybridized carbons (Fsp3) is 0.333. The minimum atomic E-state index is -0.838. The standard InChI is InChI=1S/C18H20ClNO3S/c19-15-11-16(24-13-15)8-9-17(21)20(10-4-7-18(22)23)12-14-5-2-1-3-6-14/h1-3,5-6,11,13H,4,7-10,12H2,(H,22,23). The summed E-state index contributed by atoms with van der Waals surface area (Å²) in [5.74, 6) is -0.802. The number of thiophene rings is 1. The van der Waals surface area contributed by atoms with E-state index in [4.69, 9.17) is 16.7 Å². The van der Waals surface area contributed by atoms with Crippen molar-refractivity contribution in [2.24, 2.45) is 0 Å². The van der Waals surface area contributed by atoms with E-state index in [1.54, 1.807) is 16.2 Å². The van der Waals surface area contributed by atoms with Gasteiger partial charge in [0, 0.05) is 36.2 Å². The van der Waals surface area contributed by atoms with Crippen molar-refractivity contribution in [3.63, 3.8) is 0 Å². The number of amides is 1. The summed E-state index contributed by atoms with van der Waals surface area (Å²) in [5, 5.41) is 11.4. The normalized spacial score (nSPS) is 10.5. The first-order chi connectivity index (χ1) is 11.5. The molecule has 0 fully saturated rings. The van der Waals surface area contributed by atoms with Crippen molar-refractivity contribution in [2.75, 3.05) is 6.54 Å². The second-order valence-electron chi connectivity index (χ2n) is 5.53. The number of nitrogens with zero attached hydrogens (tertiary/aromatic N) is 1. The van der Waals surface area contributed by atoms with Crippen LogP contribution in [0.5, 0.6) is 0 Å². The van der Waals surface area contributed by atoms with E-state index in [-0.39, 0.29) is 12.3 Å². The van der Waals surface area contributed by atoms with Gasteiger partial charge in [0.2, 0.25) is 5.91 Å². The van der Waals surface area contributed by atoms with E-state index in [1.807, 2.05) is 41.8 Å². The van der Waals surface area contributed by atoms with Gasteiger partial charge in [0.15, 0.2) is 0 Å². The monoisotopic (exact) mass is 365 g/mol. The average Bonchev–Trinajstić information content (AvgIpc) is 2.98. The van der Waals surface area contributed by atoms with Gasteiger partial charge in [-0.15, -0.1) is 11.3 Å². The Kier molecular flexibility index (Phi) is 7.28. The summed E-state index contributed by atoms with van der Waals surface area (Å²) in [4.78, 5) is 26.1. The molecular formula is C18H20ClNO3S. The number of hydrogen-bond acceptors (Lipinski definition) is 3.